The van der Waals surface area contributed by atoms with Crippen LogP contribution in [-0.2, 0) is 4.79 Å². The van der Waals surface area contributed by atoms with Gasteiger partial charge in [-0.05, 0) is 12.1 Å². The molecular formula is C11H9NO3. The van der Waals surface area contributed by atoms with E-state index in [0.29, 0.717) is 17.6 Å². The van der Waals surface area contributed by atoms with Crippen LogP contribution in [0.25, 0.3) is 10.9 Å². The van der Waals surface area contributed by atoms with Gasteiger partial charge in [0.25, 0.3) is 0 Å². The lowest BCUT2D eigenvalue weighted by Crippen LogP contribution is -1.97. The molecule has 0 aliphatic heterocycles. The SMILES string of the molecule is COc1ccc2c(C(=O)C=O)c[nH]c2c1. The zero-order valence-electron chi connectivity index (χ0n) is 8.11. The number of ether oxygens (including phenoxy) is 1. The molecule has 0 radical (unpaired) electrons. The fourth-order valence-corrected chi connectivity index (χ4v) is 1.50. The second-order valence-electron chi connectivity index (χ2n) is 3.10. The molecule has 76 valence electrons. The van der Waals surface area contributed by atoms with Crippen molar-refractivity contribution in [3.05, 3.63) is 30.0 Å². The van der Waals surface area contributed by atoms with Crippen LogP contribution in [0.2, 0.25) is 0 Å². The molecule has 0 unspecified atom stereocenters. The molecule has 2 aromatic rings. The van der Waals surface area contributed by atoms with Gasteiger partial charge in [0.05, 0.1) is 12.7 Å². The maximum absolute atomic E-state index is 11.2. The van der Waals surface area contributed by atoms with E-state index < -0.39 is 5.78 Å². The topological polar surface area (TPSA) is 59.2 Å². The van der Waals surface area contributed by atoms with Gasteiger partial charge in [-0.2, -0.15) is 0 Å². The van der Waals surface area contributed by atoms with Crippen LogP contribution in [0, 0.1) is 0 Å². The number of rotatable bonds is 3. The number of aromatic nitrogens is 1. The Hall–Kier alpha value is -2.10. The second kappa shape index (κ2) is 3.57. The molecule has 1 aromatic heterocycles. The number of hydrogen-bond acceptors (Lipinski definition) is 3. The van der Waals surface area contributed by atoms with Crippen molar-refractivity contribution in [2.45, 2.75) is 0 Å². The molecule has 1 heterocycles. The summed E-state index contributed by atoms with van der Waals surface area (Å²) >= 11 is 0. The van der Waals surface area contributed by atoms with Gasteiger partial charge in [0, 0.05) is 23.2 Å². The van der Waals surface area contributed by atoms with Crippen LogP contribution in [0.3, 0.4) is 0 Å². The molecule has 0 amide bonds. The number of H-pyrrole nitrogens is 1. The van der Waals surface area contributed by atoms with Crippen LogP contribution in [-0.4, -0.2) is 24.2 Å². The van der Waals surface area contributed by atoms with E-state index in [2.05, 4.69) is 4.98 Å². The molecule has 15 heavy (non-hydrogen) atoms. The molecule has 2 rings (SSSR count). The first-order valence-electron chi connectivity index (χ1n) is 4.41. The molecule has 4 heteroatoms. The number of aromatic amines is 1. The molecule has 0 aliphatic rings. The summed E-state index contributed by atoms with van der Waals surface area (Å²) in [5, 5.41) is 0.730. The summed E-state index contributed by atoms with van der Waals surface area (Å²) in [4.78, 5) is 24.5. The van der Waals surface area contributed by atoms with Crippen LogP contribution in [0.4, 0.5) is 0 Å². The number of methoxy groups -OCH3 is 1. The van der Waals surface area contributed by atoms with Crippen LogP contribution in [0.5, 0.6) is 5.75 Å². The average Bonchev–Trinajstić information content (AvgIpc) is 2.70. The molecule has 1 aromatic carbocycles. The molecule has 0 bridgehead atoms. The number of aldehydes is 1. The molecule has 0 saturated heterocycles. The average molecular weight is 203 g/mol. The van der Waals surface area contributed by atoms with Gasteiger partial charge in [-0.25, -0.2) is 0 Å². The highest BCUT2D eigenvalue weighted by Gasteiger charge is 2.10. The van der Waals surface area contributed by atoms with E-state index in [1.54, 1.807) is 25.3 Å². The summed E-state index contributed by atoms with van der Waals surface area (Å²) in [5.74, 6) is 0.181. The number of carbonyl (C=O) groups is 2. The Morgan fingerprint density at radius 2 is 2.27 bits per heavy atom. The standard InChI is InChI=1S/C11H9NO3/c1-15-7-2-3-8-9(11(14)6-13)5-12-10(8)4-7/h2-6,12H,1H3. The second-order valence-corrected chi connectivity index (χ2v) is 3.10. The molecular weight excluding hydrogens is 194 g/mol. The first-order valence-corrected chi connectivity index (χ1v) is 4.41. The van der Waals surface area contributed by atoms with Gasteiger partial charge in [0.1, 0.15) is 5.75 Å². The van der Waals surface area contributed by atoms with Gasteiger partial charge in [-0.15, -0.1) is 0 Å². The van der Waals surface area contributed by atoms with Crippen molar-refractivity contribution in [2.24, 2.45) is 0 Å². The van der Waals surface area contributed by atoms with E-state index >= 15 is 0 Å². The number of Topliss-reactive ketones (excluding diaryl/α,β-unsaturated/α-hetero) is 1. The van der Waals surface area contributed by atoms with E-state index in [-0.39, 0.29) is 0 Å². The maximum Gasteiger partial charge on any atom is 0.227 e. The Kier molecular flexibility index (Phi) is 2.25. The van der Waals surface area contributed by atoms with Gasteiger partial charge in [0.15, 0.2) is 6.29 Å². The number of hydrogen-bond donors (Lipinski definition) is 1. The molecule has 0 aliphatic carbocycles. The molecule has 1 N–H and O–H groups in total. The maximum atomic E-state index is 11.2. The van der Waals surface area contributed by atoms with E-state index in [4.69, 9.17) is 4.74 Å². The first-order chi connectivity index (χ1) is 7.26. The summed E-state index contributed by atoms with van der Waals surface area (Å²) in [6.07, 6.45) is 1.84. The van der Waals surface area contributed by atoms with Crippen molar-refractivity contribution in [3.8, 4) is 5.75 Å². The van der Waals surface area contributed by atoms with Crippen LogP contribution < -0.4 is 4.74 Å². The molecule has 0 saturated carbocycles. The van der Waals surface area contributed by atoms with Crippen molar-refractivity contribution in [2.75, 3.05) is 7.11 Å². The van der Waals surface area contributed by atoms with Crippen LogP contribution in [0.15, 0.2) is 24.4 Å². The van der Waals surface area contributed by atoms with E-state index in [1.165, 1.54) is 6.20 Å². The zero-order chi connectivity index (χ0) is 10.8. The highest BCUT2D eigenvalue weighted by atomic mass is 16.5. The minimum atomic E-state index is -0.522. The van der Waals surface area contributed by atoms with Crippen molar-refractivity contribution in [1.29, 1.82) is 0 Å². The third-order valence-electron chi connectivity index (χ3n) is 2.26. The summed E-state index contributed by atoms with van der Waals surface area (Å²) in [7, 11) is 1.57. The lowest BCUT2D eigenvalue weighted by molar-refractivity contribution is -0.104. The summed E-state index contributed by atoms with van der Waals surface area (Å²) < 4.78 is 5.04. The Morgan fingerprint density at radius 3 is 2.93 bits per heavy atom. The van der Waals surface area contributed by atoms with Gasteiger partial charge in [-0.3, -0.25) is 9.59 Å². The molecule has 0 fully saturated rings. The van der Waals surface area contributed by atoms with Crippen LogP contribution in [0.1, 0.15) is 10.4 Å². The molecule has 0 spiro atoms. The van der Waals surface area contributed by atoms with Crippen LogP contribution >= 0.6 is 0 Å². The third kappa shape index (κ3) is 1.50. The van der Waals surface area contributed by atoms with Crippen molar-refractivity contribution < 1.29 is 14.3 Å². The minimum Gasteiger partial charge on any atom is -0.497 e. The van der Waals surface area contributed by atoms with Crippen molar-refractivity contribution >= 4 is 23.0 Å². The first kappa shape index (κ1) is 9.45. The zero-order valence-corrected chi connectivity index (χ0v) is 8.11. The van der Waals surface area contributed by atoms with Gasteiger partial charge < -0.3 is 9.72 Å². The summed E-state index contributed by atoms with van der Waals surface area (Å²) in [5.41, 5.74) is 1.17. The Labute approximate surface area is 85.9 Å². The quantitative estimate of drug-likeness (QED) is 0.468. The summed E-state index contributed by atoms with van der Waals surface area (Å²) in [6, 6.07) is 5.27. The predicted octanol–water partition coefficient (Wildman–Crippen LogP) is 1.56. The number of fused-ring (bicyclic) bond motifs is 1. The largest absolute Gasteiger partial charge is 0.497 e. The third-order valence-corrected chi connectivity index (χ3v) is 2.26. The number of carbonyl (C=O) groups excluding carboxylic acids is 2. The highest BCUT2D eigenvalue weighted by molar-refractivity contribution is 6.36. The Balaban J connectivity index is 2.61. The fourth-order valence-electron chi connectivity index (χ4n) is 1.50. The lowest BCUT2D eigenvalue weighted by atomic mass is 10.1. The number of ketones is 1. The summed E-state index contributed by atoms with van der Waals surface area (Å²) in [6.45, 7) is 0. The van der Waals surface area contributed by atoms with Gasteiger partial charge in [0.2, 0.25) is 5.78 Å². The lowest BCUT2D eigenvalue weighted by Gasteiger charge is -1.98. The van der Waals surface area contributed by atoms with E-state index in [1.807, 2.05) is 0 Å². The number of benzene rings is 1. The van der Waals surface area contributed by atoms with E-state index in [0.717, 1.165) is 10.9 Å². The Bertz CT molecular complexity index is 528. The normalized spacial score (nSPS) is 10.2. The smallest absolute Gasteiger partial charge is 0.227 e. The van der Waals surface area contributed by atoms with Gasteiger partial charge in [-0.1, -0.05) is 0 Å². The van der Waals surface area contributed by atoms with E-state index in [9.17, 15) is 9.59 Å². The molecule has 4 nitrogen and oxygen atoms in total. The fraction of sp³-hybridized carbons (Fsp3) is 0.0909. The van der Waals surface area contributed by atoms with Gasteiger partial charge >= 0.3 is 0 Å². The monoisotopic (exact) mass is 203 g/mol. The van der Waals surface area contributed by atoms with Crippen molar-refractivity contribution in [1.82, 2.24) is 4.98 Å². The highest BCUT2D eigenvalue weighted by Crippen LogP contribution is 2.23. The minimum absolute atomic E-state index is 0.312. The number of nitrogens with one attached hydrogen (secondary N) is 1. The Morgan fingerprint density at radius 1 is 1.47 bits per heavy atom. The van der Waals surface area contributed by atoms with Crippen molar-refractivity contribution in [3.63, 3.8) is 0 Å². The predicted molar refractivity (Wildman–Crippen MR) is 55.2 cm³/mol. The molecule has 0 atom stereocenters.